The summed E-state index contributed by atoms with van der Waals surface area (Å²) in [6.07, 6.45) is 0.0394. The van der Waals surface area contributed by atoms with Gasteiger partial charge in [-0.15, -0.1) is 11.3 Å². The highest BCUT2D eigenvalue weighted by Gasteiger charge is 2.05. The van der Waals surface area contributed by atoms with Gasteiger partial charge in [-0.3, -0.25) is 9.59 Å². The molecule has 0 spiro atoms. The topological polar surface area (TPSA) is 66.4 Å². The molecule has 2 N–H and O–H groups in total. The highest BCUT2D eigenvalue weighted by Crippen LogP contribution is 2.08. The molecule has 0 unspecified atom stereocenters. The molecule has 0 amide bonds. The molecule has 0 bridgehead atoms. The number of carbonyl (C=O) groups excluding carboxylic acids is 1. The van der Waals surface area contributed by atoms with Crippen molar-refractivity contribution in [3.63, 3.8) is 0 Å². The standard InChI is InChI=1S/C9H11NO3S/c11-7(8-2-1-5-14-8)6-10-4-3-9(12)13/h1-2,5,10H,3-4,6H2,(H,12,13). The SMILES string of the molecule is O=C(O)CCNCC(=O)c1cccs1. The van der Waals surface area contributed by atoms with Crippen LogP contribution in [-0.2, 0) is 4.79 Å². The minimum Gasteiger partial charge on any atom is -0.481 e. The number of Topliss-reactive ketones (excluding diaryl/α,β-unsaturated/α-hetero) is 1. The molecule has 0 fully saturated rings. The lowest BCUT2D eigenvalue weighted by atomic mass is 10.3. The van der Waals surface area contributed by atoms with Gasteiger partial charge in [0.2, 0.25) is 0 Å². The van der Waals surface area contributed by atoms with Crippen molar-refractivity contribution in [2.75, 3.05) is 13.1 Å². The third kappa shape index (κ3) is 3.68. The van der Waals surface area contributed by atoms with Gasteiger partial charge in [0.25, 0.3) is 0 Å². The van der Waals surface area contributed by atoms with Crippen LogP contribution in [0.2, 0.25) is 0 Å². The van der Waals surface area contributed by atoms with Crippen molar-refractivity contribution in [1.82, 2.24) is 5.32 Å². The molecule has 1 aromatic heterocycles. The van der Waals surface area contributed by atoms with Crippen LogP contribution in [-0.4, -0.2) is 29.9 Å². The quantitative estimate of drug-likeness (QED) is 0.546. The van der Waals surface area contributed by atoms with Gasteiger partial charge in [-0.2, -0.15) is 0 Å². The molecule has 5 heteroatoms. The van der Waals surface area contributed by atoms with E-state index in [0.29, 0.717) is 11.4 Å². The van der Waals surface area contributed by atoms with Gasteiger partial charge in [0.05, 0.1) is 17.8 Å². The molecule has 1 heterocycles. The Hall–Kier alpha value is -1.20. The molecule has 14 heavy (non-hydrogen) atoms. The molecular weight excluding hydrogens is 202 g/mol. The van der Waals surface area contributed by atoms with Crippen molar-refractivity contribution in [2.24, 2.45) is 0 Å². The predicted octanol–water partition coefficient (Wildman–Crippen LogP) is 0.995. The summed E-state index contributed by atoms with van der Waals surface area (Å²) in [7, 11) is 0. The zero-order valence-corrected chi connectivity index (χ0v) is 8.34. The van der Waals surface area contributed by atoms with E-state index in [1.165, 1.54) is 11.3 Å². The Bertz CT molecular complexity index is 308. The van der Waals surface area contributed by atoms with E-state index in [-0.39, 0.29) is 18.7 Å². The van der Waals surface area contributed by atoms with Crippen LogP contribution in [0.3, 0.4) is 0 Å². The fourth-order valence-corrected chi connectivity index (χ4v) is 1.59. The van der Waals surface area contributed by atoms with Gasteiger partial charge in [0.1, 0.15) is 0 Å². The zero-order valence-electron chi connectivity index (χ0n) is 7.53. The first-order valence-electron chi connectivity index (χ1n) is 4.19. The number of hydrogen-bond acceptors (Lipinski definition) is 4. The van der Waals surface area contributed by atoms with Gasteiger partial charge in [0, 0.05) is 6.54 Å². The third-order valence-electron chi connectivity index (χ3n) is 1.60. The van der Waals surface area contributed by atoms with E-state index < -0.39 is 5.97 Å². The molecule has 0 aliphatic rings. The average Bonchev–Trinajstić information content (AvgIpc) is 2.64. The summed E-state index contributed by atoms with van der Waals surface area (Å²) in [6.45, 7) is 0.528. The summed E-state index contributed by atoms with van der Waals surface area (Å²) in [5.41, 5.74) is 0. The first kappa shape index (κ1) is 10.9. The minimum atomic E-state index is -0.860. The Labute approximate surface area is 85.6 Å². The summed E-state index contributed by atoms with van der Waals surface area (Å²) < 4.78 is 0. The van der Waals surface area contributed by atoms with Crippen LogP contribution in [0.5, 0.6) is 0 Å². The largest absolute Gasteiger partial charge is 0.481 e. The van der Waals surface area contributed by atoms with E-state index in [1.807, 2.05) is 11.4 Å². The molecule has 0 aromatic carbocycles. The van der Waals surface area contributed by atoms with Gasteiger partial charge in [-0.25, -0.2) is 0 Å². The van der Waals surface area contributed by atoms with Gasteiger partial charge >= 0.3 is 5.97 Å². The molecule has 0 saturated heterocycles. The van der Waals surface area contributed by atoms with E-state index in [4.69, 9.17) is 5.11 Å². The lowest BCUT2D eigenvalue weighted by molar-refractivity contribution is -0.136. The molecule has 0 saturated carbocycles. The molecule has 0 atom stereocenters. The number of carboxylic acid groups (broad SMARTS) is 1. The number of ketones is 1. The second-order valence-electron chi connectivity index (χ2n) is 2.72. The molecule has 76 valence electrons. The van der Waals surface area contributed by atoms with Crippen LogP contribution in [0.1, 0.15) is 16.1 Å². The number of carboxylic acids is 1. The van der Waals surface area contributed by atoms with Gasteiger partial charge in [-0.05, 0) is 11.4 Å². The van der Waals surface area contributed by atoms with Crippen molar-refractivity contribution < 1.29 is 14.7 Å². The summed E-state index contributed by atoms with van der Waals surface area (Å²) in [6, 6.07) is 3.57. The van der Waals surface area contributed by atoms with Crippen molar-refractivity contribution in [1.29, 1.82) is 0 Å². The normalized spacial score (nSPS) is 10.0. The van der Waals surface area contributed by atoms with Crippen LogP contribution in [0.25, 0.3) is 0 Å². The molecule has 1 rings (SSSR count). The molecule has 0 aliphatic carbocycles. The van der Waals surface area contributed by atoms with Crippen molar-refractivity contribution in [3.05, 3.63) is 22.4 Å². The summed E-state index contributed by atoms with van der Waals surface area (Å²) >= 11 is 1.39. The molecule has 0 radical (unpaired) electrons. The minimum absolute atomic E-state index is 0.00499. The number of aliphatic carboxylic acids is 1. The predicted molar refractivity (Wildman–Crippen MR) is 53.8 cm³/mol. The van der Waals surface area contributed by atoms with Gasteiger partial charge in [0.15, 0.2) is 5.78 Å². The lowest BCUT2D eigenvalue weighted by Gasteiger charge is -1.99. The number of rotatable bonds is 6. The van der Waals surface area contributed by atoms with Gasteiger partial charge in [-0.1, -0.05) is 6.07 Å². The number of carbonyl (C=O) groups is 2. The highest BCUT2D eigenvalue weighted by atomic mass is 32.1. The summed E-state index contributed by atoms with van der Waals surface area (Å²) in [5, 5.41) is 13.0. The maximum absolute atomic E-state index is 11.4. The summed E-state index contributed by atoms with van der Waals surface area (Å²) in [4.78, 5) is 22.2. The highest BCUT2D eigenvalue weighted by molar-refractivity contribution is 7.12. The van der Waals surface area contributed by atoms with Crippen molar-refractivity contribution in [2.45, 2.75) is 6.42 Å². The maximum Gasteiger partial charge on any atom is 0.304 e. The van der Waals surface area contributed by atoms with Gasteiger partial charge < -0.3 is 10.4 Å². The van der Waals surface area contributed by atoms with Crippen molar-refractivity contribution >= 4 is 23.1 Å². The first-order valence-corrected chi connectivity index (χ1v) is 5.07. The Morgan fingerprint density at radius 3 is 2.86 bits per heavy atom. The number of hydrogen-bond donors (Lipinski definition) is 2. The van der Waals surface area contributed by atoms with Crippen LogP contribution in [0.15, 0.2) is 17.5 Å². The molecule has 0 aliphatic heterocycles. The van der Waals surface area contributed by atoms with E-state index in [2.05, 4.69) is 5.32 Å². The van der Waals surface area contributed by atoms with Crippen LogP contribution in [0, 0.1) is 0 Å². The summed E-state index contributed by atoms with van der Waals surface area (Å²) in [5.74, 6) is -0.855. The molecule has 4 nitrogen and oxygen atoms in total. The monoisotopic (exact) mass is 213 g/mol. The van der Waals surface area contributed by atoms with E-state index >= 15 is 0 Å². The smallest absolute Gasteiger partial charge is 0.304 e. The Morgan fingerprint density at radius 1 is 1.50 bits per heavy atom. The Balaban J connectivity index is 2.19. The number of thiophene rings is 1. The van der Waals surface area contributed by atoms with E-state index in [0.717, 1.165) is 0 Å². The Kier molecular flexibility index (Phi) is 4.28. The van der Waals surface area contributed by atoms with Crippen LogP contribution in [0.4, 0.5) is 0 Å². The first-order chi connectivity index (χ1) is 6.70. The second-order valence-corrected chi connectivity index (χ2v) is 3.67. The fraction of sp³-hybridized carbons (Fsp3) is 0.333. The van der Waals surface area contributed by atoms with Crippen LogP contribution < -0.4 is 5.32 Å². The Morgan fingerprint density at radius 2 is 2.29 bits per heavy atom. The number of nitrogens with one attached hydrogen (secondary N) is 1. The lowest BCUT2D eigenvalue weighted by Crippen LogP contribution is -2.24. The van der Waals surface area contributed by atoms with Crippen molar-refractivity contribution in [3.8, 4) is 0 Å². The van der Waals surface area contributed by atoms with E-state index in [9.17, 15) is 9.59 Å². The molecular formula is C9H11NO3S. The second kappa shape index (κ2) is 5.51. The van der Waals surface area contributed by atoms with Crippen LogP contribution >= 0.6 is 11.3 Å². The zero-order chi connectivity index (χ0) is 10.4. The fourth-order valence-electron chi connectivity index (χ4n) is 0.922. The molecule has 1 aromatic rings. The maximum atomic E-state index is 11.4. The van der Waals surface area contributed by atoms with E-state index in [1.54, 1.807) is 6.07 Å². The average molecular weight is 213 g/mol. The third-order valence-corrected chi connectivity index (χ3v) is 2.51.